The van der Waals surface area contributed by atoms with E-state index >= 15 is 0 Å². The highest BCUT2D eigenvalue weighted by molar-refractivity contribution is 6.83. The summed E-state index contributed by atoms with van der Waals surface area (Å²) in [6.45, 7) is 10.9. The molecule has 0 bridgehead atoms. The zero-order valence-electron chi connectivity index (χ0n) is 13.7. The summed E-state index contributed by atoms with van der Waals surface area (Å²) >= 11 is 0. The third kappa shape index (κ3) is 3.38. The van der Waals surface area contributed by atoms with Gasteiger partial charge in [0.15, 0.2) is 0 Å². The predicted octanol–water partition coefficient (Wildman–Crippen LogP) is 3.87. The second-order valence-electron chi connectivity index (χ2n) is 6.81. The standard InChI is InChI=1S/C18H25NOSi/c1-6-16-17(12-13-21(3,4)5)19(18(16)20)14(2)15-10-8-7-9-11-15/h7-11,14,16-17H,6H2,1-5H3/t14-,16+,17+/m0/s1. The molecule has 0 unspecified atom stereocenters. The van der Waals surface area contributed by atoms with E-state index < -0.39 is 8.07 Å². The lowest BCUT2D eigenvalue weighted by molar-refractivity contribution is -0.156. The Kier molecular flexibility index (Phi) is 4.58. The first-order chi connectivity index (χ1) is 9.85. The van der Waals surface area contributed by atoms with E-state index in [-0.39, 0.29) is 23.9 Å². The van der Waals surface area contributed by atoms with Crippen molar-refractivity contribution in [3.8, 4) is 11.5 Å². The van der Waals surface area contributed by atoms with Crippen molar-refractivity contribution in [2.75, 3.05) is 0 Å². The van der Waals surface area contributed by atoms with Crippen LogP contribution in [0.3, 0.4) is 0 Å². The lowest BCUT2D eigenvalue weighted by atomic mass is 9.83. The van der Waals surface area contributed by atoms with E-state index in [1.807, 2.05) is 23.1 Å². The summed E-state index contributed by atoms with van der Waals surface area (Å²) in [6, 6.07) is 10.4. The number of benzene rings is 1. The first kappa shape index (κ1) is 15.8. The van der Waals surface area contributed by atoms with Crippen LogP contribution in [0.2, 0.25) is 19.6 Å². The number of likely N-dealkylation sites (tertiary alicyclic amines) is 1. The van der Waals surface area contributed by atoms with Crippen molar-refractivity contribution < 1.29 is 4.79 Å². The predicted molar refractivity (Wildman–Crippen MR) is 90.4 cm³/mol. The van der Waals surface area contributed by atoms with Gasteiger partial charge >= 0.3 is 0 Å². The first-order valence-corrected chi connectivity index (χ1v) is 11.2. The topological polar surface area (TPSA) is 20.3 Å². The zero-order chi connectivity index (χ0) is 15.6. The molecule has 112 valence electrons. The molecule has 0 aliphatic carbocycles. The third-order valence-corrected chi connectivity index (χ3v) is 4.88. The molecule has 1 aromatic rings. The summed E-state index contributed by atoms with van der Waals surface area (Å²) in [4.78, 5) is 14.4. The molecule has 0 aromatic heterocycles. The Morgan fingerprint density at radius 2 is 1.86 bits per heavy atom. The minimum absolute atomic E-state index is 0.0833. The van der Waals surface area contributed by atoms with Crippen molar-refractivity contribution >= 4 is 14.0 Å². The van der Waals surface area contributed by atoms with Gasteiger partial charge in [-0.15, -0.1) is 5.54 Å². The van der Waals surface area contributed by atoms with Crippen LogP contribution in [0.4, 0.5) is 0 Å². The molecule has 1 aliphatic heterocycles. The molecule has 2 rings (SSSR count). The van der Waals surface area contributed by atoms with Crippen molar-refractivity contribution in [3.05, 3.63) is 35.9 Å². The Hall–Kier alpha value is -1.53. The van der Waals surface area contributed by atoms with Crippen LogP contribution in [0.15, 0.2) is 30.3 Å². The molecular formula is C18H25NOSi. The summed E-state index contributed by atoms with van der Waals surface area (Å²) in [5, 5.41) is 0. The van der Waals surface area contributed by atoms with E-state index in [0.29, 0.717) is 0 Å². The number of carbonyl (C=O) groups is 1. The van der Waals surface area contributed by atoms with Gasteiger partial charge in [0, 0.05) is 0 Å². The monoisotopic (exact) mass is 299 g/mol. The quantitative estimate of drug-likeness (QED) is 0.471. The number of carbonyl (C=O) groups excluding carboxylic acids is 1. The maximum atomic E-state index is 12.4. The molecule has 1 amide bonds. The van der Waals surface area contributed by atoms with Crippen molar-refractivity contribution in [3.63, 3.8) is 0 Å². The lowest BCUT2D eigenvalue weighted by Gasteiger charge is -2.48. The molecule has 1 saturated heterocycles. The zero-order valence-corrected chi connectivity index (χ0v) is 14.7. The summed E-state index contributed by atoms with van der Waals surface area (Å²) in [5.41, 5.74) is 4.62. The van der Waals surface area contributed by atoms with Crippen molar-refractivity contribution in [1.29, 1.82) is 0 Å². The van der Waals surface area contributed by atoms with Gasteiger partial charge in [-0.2, -0.15) is 0 Å². The van der Waals surface area contributed by atoms with Gasteiger partial charge in [0.2, 0.25) is 5.91 Å². The molecule has 0 saturated carbocycles. The summed E-state index contributed by atoms with van der Waals surface area (Å²) < 4.78 is 0. The second-order valence-corrected chi connectivity index (χ2v) is 11.6. The number of amides is 1. The highest BCUT2D eigenvalue weighted by Crippen LogP contribution is 2.36. The largest absolute Gasteiger partial charge is 0.321 e. The van der Waals surface area contributed by atoms with Gasteiger partial charge < -0.3 is 4.90 Å². The minimum Gasteiger partial charge on any atom is -0.321 e. The normalized spacial score (nSPS) is 23.1. The van der Waals surface area contributed by atoms with Crippen molar-refractivity contribution in [2.45, 2.75) is 52.0 Å². The van der Waals surface area contributed by atoms with Gasteiger partial charge in [0.1, 0.15) is 14.1 Å². The Bertz CT molecular complexity index is 564. The Morgan fingerprint density at radius 3 is 2.38 bits per heavy atom. The van der Waals surface area contributed by atoms with Gasteiger partial charge in [-0.25, -0.2) is 0 Å². The molecule has 0 radical (unpaired) electrons. The highest BCUT2D eigenvalue weighted by Gasteiger charge is 2.47. The van der Waals surface area contributed by atoms with Gasteiger partial charge in [0.05, 0.1) is 12.0 Å². The van der Waals surface area contributed by atoms with E-state index in [1.165, 1.54) is 5.56 Å². The summed E-state index contributed by atoms with van der Waals surface area (Å²) in [6.07, 6.45) is 0.877. The van der Waals surface area contributed by atoms with Crippen molar-refractivity contribution in [1.82, 2.24) is 4.90 Å². The first-order valence-electron chi connectivity index (χ1n) is 7.75. The number of hydrogen-bond donors (Lipinski definition) is 0. The van der Waals surface area contributed by atoms with Crippen molar-refractivity contribution in [2.24, 2.45) is 5.92 Å². The van der Waals surface area contributed by atoms with E-state index in [1.54, 1.807) is 0 Å². The maximum Gasteiger partial charge on any atom is 0.230 e. The summed E-state index contributed by atoms with van der Waals surface area (Å²) in [7, 11) is -1.41. The third-order valence-electron chi connectivity index (χ3n) is 3.99. The van der Waals surface area contributed by atoms with Crippen LogP contribution in [0.1, 0.15) is 31.9 Å². The van der Waals surface area contributed by atoms with Crippen LogP contribution in [0.25, 0.3) is 0 Å². The Labute approximate surface area is 129 Å². The number of nitrogens with zero attached hydrogens (tertiary/aromatic N) is 1. The van der Waals surface area contributed by atoms with E-state index in [4.69, 9.17) is 0 Å². The van der Waals surface area contributed by atoms with E-state index in [0.717, 1.165) is 6.42 Å². The molecular weight excluding hydrogens is 274 g/mol. The molecule has 1 aliphatic rings. The average molecular weight is 299 g/mol. The smallest absolute Gasteiger partial charge is 0.230 e. The number of hydrogen-bond acceptors (Lipinski definition) is 1. The number of rotatable bonds is 3. The van der Waals surface area contributed by atoms with E-state index in [9.17, 15) is 4.79 Å². The van der Waals surface area contributed by atoms with Crippen LogP contribution in [0.5, 0.6) is 0 Å². The SMILES string of the molecule is CC[C@H]1C(=O)N([C@@H](C)c2ccccc2)[C@@H]1C#C[Si](C)(C)C. The fraction of sp³-hybridized carbons (Fsp3) is 0.500. The second kappa shape index (κ2) is 6.07. The van der Waals surface area contributed by atoms with Gasteiger partial charge in [-0.1, -0.05) is 62.8 Å². The number of β-lactam (4-membered cyclic amide) rings is 1. The molecule has 0 N–H and O–H groups in total. The molecule has 3 atom stereocenters. The lowest BCUT2D eigenvalue weighted by Crippen LogP contribution is -2.60. The molecule has 0 spiro atoms. The van der Waals surface area contributed by atoms with E-state index in [2.05, 4.69) is 57.1 Å². The van der Waals surface area contributed by atoms with Gasteiger partial charge in [0.25, 0.3) is 0 Å². The fourth-order valence-electron chi connectivity index (χ4n) is 2.76. The molecule has 1 heterocycles. The van der Waals surface area contributed by atoms with Gasteiger partial charge in [-0.05, 0) is 18.9 Å². The fourth-order valence-corrected chi connectivity index (χ4v) is 3.34. The molecule has 1 fully saturated rings. The van der Waals surface area contributed by atoms with Gasteiger partial charge in [-0.3, -0.25) is 4.79 Å². The molecule has 21 heavy (non-hydrogen) atoms. The average Bonchev–Trinajstić information content (AvgIpc) is 2.43. The minimum atomic E-state index is -1.41. The van der Waals surface area contributed by atoms with Crippen LogP contribution >= 0.6 is 0 Å². The van der Waals surface area contributed by atoms with Crippen LogP contribution < -0.4 is 0 Å². The summed E-state index contributed by atoms with van der Waals surface area (Å²) in [5.74, 6) is 3.74. The highest BCUT2D eigenvalue weighted by atomic mass is 28.3. The Balaban J connectivity index is 2.24. The van der Waals surface area contributed by atoms with Crippen LogP contribution in [-0.2, 0) is 4.79 Å². The molecule has 2 nitrogen and oxygen atoms in total. The molecule has 1 aromatic carbocycles. The molecule has 3 heteroatoms. The Morgan fingerprint density at radius 1 is 1.24 bits per heavy atom. The van der Waals surface area contributed by atoms with Crippen LogP contribution in [-0.4, -0.2) is 24.9 Å². The van der Waals surface area contributed by atoms with Crippen LogP contribution in [0, 0.1) is 17.4 Å². The maximum absolute atomic E-state index is 12.4.